The number of anilines is 3. The fourth-order valence-corrected chi connectivity index (χ4v) is 3.25. The van der Waals surface area contributed by atoms with Crippen molar-refractivity contribution in [1.82, 2.24) is 9.97 Å². The van der Waals surface area contributed by atoms with Gasteiger partial charge in [-0.2, -0.15) is 0 Å². The minimum absolute atomic E-state index is 0.337. The van der Waals surface area contributed by atoms with Crippen molar-refractivity contribution >= 4 is 28.1 Å². The first kappa shape index (κ1) is 17.2. The summed E-state index contributed by atoms with van der Waals surface area (Å²) in [7, 11) is 0. The van der Waals surface area contributed by atoms with E-state index in [-0.39, 0.29) is 5.82 Å². The van der Waals surface area contributed by atoms with Crippen molar-refractivity contribution in [2.45, 2.75) is 0 Å². The van der Waals surface area contributed by atoms with E-state index < -0.39 is 0 Å². The summed E-state index contributed by atoms with van der Waals surface area (Å²) in [4.78, 5) is 8.76. The Morgan fingerprint density at radius 3 is 2.76 bits per heavy atom. The molecule has 0 atom stereocenters. The maximum Gasteiger partial charge on any atom is 0.155 e. The molecule has 0 fully saturated rings. The predicted molar refractivity (Wildman–Crippen MR) is 110 cm³/mol. The summed E-state index contributed by atoms with van der Waals surface area (Å²) in [6, 6.07) is 17.3. The van der Waals surface area contributed by atoms with Gasteiger partial charge in [0, 0.05) is 18.3 Å². The van der Waals surface area contributed by atoms with Crippen LogP contribution < -0.4 is 20.1 Å². The smallest absolute Gasteiger partial charge is 0.155 e. The molecule has 0 spiro atoms. The number of rotatable bonds is 4. The Balaban J connectivity index is 1.42. The van der Waals surface area contributed by atoms with Crippen molar-refractivity contribution in [3.63, 3.8) is 0 Å². The maximum atomic E-state index is 13.3. The number of benzene rings is 3. The fourth-order valence-electron chi connectivity index (χ4n) is 3.25. The molecule has 6 nitrogen and oxygen atoms in total. The van der Waals surface area contributed by atoms with Crippen molar-refractivity contribution in [1.29, 1.82) is 0 Å². The number of halogens is 1. The minimum Gasteiger partial charge on any atom is -0.489 e. The molecule has 0 bridgehead atoms. The van der Waals surface area contributed by atoms with Gasteiger partial charge in [0.15, 0.2) is 5.75 Å². The Bertz CT molecular complexity index is 1180. The Labute approximate surface area is 166 Å². The van der Waals surface area contributed by atoms with Crippen LogP contribution in [0.25, 0.3) is 10.9 Å². The van der Waals surface area contributed by atoms with Gasteiger partial charge in [0.05, 0.1) is 16.6 Å². The van der Waals surface area contributed by atoms with E-state index >= 15 is 0 Å². The molecule has 0 aliphatic carbocycles. The van der Waals surface area contributed by atoms with E-state index in [1.807, 2.05) is 36.4 Å². The Kier molecular flexibility index (Phi) is 4.32. The first-order valence-corrected chi connectivity index (χ1v) is 9.21. The van der Waals surface area contributed by atoms with Gasteiger partial charge in [-0.1, -0.05) is 6.07 Å². The Morgan fingerprint density at radius 2 is 1.90 bits per heavy atom. The normalized spacial score (nSPS) is 12.6. The van der Waals surface area contributed by atoms with E-state index in [1.165, 1.54) is 18.5 Å². The van der Waals surface area contributed by atoms with Gasteiger partial charge < -0.3 is 20.1 Å². The molecular weight excluding hydrogens is 371 g/mol. The van der Waals surface area contributed by atoms with Crippen LogP contribution in [0.5, 0.6) is 17.2 Å². The average Bonchev–Trinajstić information content (AvgIpc) is 2.75. The second-order valence-electron chi connectivity index (χ2n) is 6.54. The summed E-state index contributed by atoms with van der Waals surface area (Å²) in [6.07, 6.45) is 1.52. The van der Waals surface area contributed by atoms with Gasteiger partial charge in [-0.15, -0.1) is 0 Å². The number of fused-ring (bicyclic) bond motifs is 3. The molecule has 0 unspecified atom stereocenters. The van der Waals surface area contributed by atoms with Crippen LogP contribution >= 0.6 is 0 Å². The lowest BCUT2D eigenvalue weighted by molar-refractivity contribution is 0.327. The lowest BCUT2D eigenvalue weighted by Gasteiger charge is -2.21. The summed E-state index contributed by atoms with van der Waals surface area (Å²) in [5.41, 5.74) is 2.56. The van der Waals surface area contributed by atoms with Crippen LogP contribution in [0.4, 0.5) is 21.6 Å². The van der Waals surface area contributed by atoms with Crippen LogP contribution in [-0.2, 0) is 0 Å². The van der Waals surface area contributed by atoms with E-state index in [1.54, 1.807) is 12.1 Å². The molecule has 1 aromatic heterocycles. The lowest BCUT2D eigenvalue weighted by Crippen LogP contribution is -2.18. The third-order valence-corrected chi connectivity index (χ3v) is 4.57. The van der Waals surface area contributed by atoms with Gasteiger partial charge in [0.25, 0.3) is 0 Å². The molecule has 144 valence electrons. The SMILES string of the molecule is Fc1cccc(Oc2ccc(Nc3ncnc4ccc5c(c34)OCCN5)cc2)c1. The molecule has 4 aromatic rings. The van der Waals surface area contributed by atoms with E-state index in [0.717, 1.165) is 34.6 Å². The molecule has 2 N–H and O–H groups in total. The van der Waals surface area contributed by atoms with E-state index in [2.05, 4.69) is 20.6 Å². The van der Waals surface area contributed by atoms with E-state index in [0.29, 0.717) is 23.9 Å². The fraction of sp³-hybridized carbons (Fsp3) is 0.0909. The summed E-state index contributed by atoms with van der Waals surface area (Å²) in [5.74, 6) is 2.14. The lowest BCUT2D eigenvalue weighted by atomic mass is 10.1. The molecule has 3 aromatic carbocycles. The van der Waals surface area contributed by atoms with Crippen molar-refractivity contribution in [3.8, 4) is 17.2 Å². The molecule has 29 heavy (non-hydrogen) atoms. The van der Waals surface area contributed by atoms with Gasteiger partial charge in [-0.05, 0) is 48.5 Å². The number of hydrogen-bond acceptors (Lipinski definition) is 6. The van der Waals surface area contributed by atoms with Crippen LogP contribution in [0, 0.1) is 5.82 Å². The number of nitrogens with one attached hydrogen (secondary N) is 2. The molecule has 0 saturated carbocycles. The quantitative estimate of drug-likeness (QED) is 0.506. The highest BCUT2D eigenvalue weighted by Gasteiger charge is 2.17. The van der Waals surface area contributed by atoms with Crippen molar-refractivity contribution in [3.05, 3.63) is 72.8 Å². The van der Waals surface area contributed by atoms with E-state index in [4.69, 9.17) is 9.47 Å². The monoisotopic (exact) mass is 388 g/mol. The highest BCUT2D eigenvalue weighted by molar-refractivity contribution is 5.99. The van der Waals surface area contributed by atoms with Crippen molar-refractivity contribution in [2.24, 2.45) is 0 Å². The minimum atomic E-state index is -0.337. The second-order valence-corrected chi connectivity index (χ2v) is 6.54. The molecule has 2 heterocycles. The number of ether oxygens (including phenoxy) is 2. The number of hydrogen-bond donors (Lipinski definition) is 2. The average molecular weight is 388 g/mol. The predicted octanol–water partition coefficient (Wildman–Crippen LogP) is 5.11. The van der Waals surface area contributed by atoms with Crippen LogP contribution in [0.3, 0.4) is 0 Å². The van der Waals surface area contributed by atoms with Crippen LogP contribution in [0.15, 0.2) is 67.0 Å². The van der Waals surface area contributed by atoms with Crippen LogP contribution in [0.1, 0.15) is 0 Å². The topological polar surface area (TPSA) is 68.3 Å². The summed E-state index contributed by atoms with van der Waals surface area (Å²) in [5, 5.41) is 7.48. The zero-order valence-corrected chi connectivity index (χ0v) is 15.4. The third-order valence-electron chi connectivity index (χ3n) is 4.57. The largest absolute Gasteiger partial charge is 0.489 e. The second kappa shape index (κ2) is 7.27. The number of nitrogens with zero attached hydrogens (tertiary/aromatic N) is 2. The first-order chi connectivity index (χ1) is 14.3. The van der Waals surface area contributed by atoms with Crippen molar-refractivity contribution < 1.29 is 13.9 Å². The van der Waals surface area contributed by atoms with Crippen LogP contribution in [-0.4, -0.2) is 23.1 Å². The maximum absolute atomic E-state index is 13.3. The Hall–Kier alpha value is -3.87. The zero-order valence-electron chi connectivity index (χ0n) is 15.4. The summed E-state index contributed by atoms with van der Waals surface area (Å²) >= 11 is 0. The first-order valence-electron chi connectivity index (χ1n) is 9.21. The number of aromatic nitrogens is 2. The molecule has 5 rings (SSSR count). The molecule has 0 radical (unpaired) electrons. The summed E-state index contributed by atoms with van der Waals surface area (Å²) in [6.45, 7) is 1.36. The standard InChI is InChI=1S/C22H17FN4O2/c23-14-2-1-3-17(12-14)29-16-6-4-15(5-7-16)27-22-20-18(25-13-26-22)8-9-19-21(20)28-11-10-24-19/h1-9,12-13,24H,10-11H2,(H,25,26,27). The molecule has 1 aliphatic rings. The molecule has 0 saturated heterocycles. The van der Waals surface area contributed by atoms with Gasteiger partial charge in [0.1, 0.15) is 36.1 Å². The Morgan fingerprint density at radius 1 is 1.00 bits per heavy atom. The van der Waals surface area contributed by atoms with Gasteiger partial charge in [-0.3, -0.25) is 0 Å². The van der Waals surface area contributed by atoms with Crippen molar-refractivity contribution in [2.75, 3.05) is 23.8 Å². The molecular formula is C22H17FN4O2. The molecule has 0 amide bonds. The van der Waals surface area contributed by atoms with Gasteiger partial charge >= 0.3 is 0 Å². The third kappa shape index (κ3) is 3.50. The van der Waals surface area contributed by atoms with Crippen LogP contribution in [0.2, 0.25) is 0 Å². The highest BCUT2D eigenvalue weighted by Crippen LogP contribution is 2.39. The van der Waals surface area contributed by atoms with Gasteiger partial charge in [0.2, 0.25) is 0 Å². The molecule has 1 aliphatic heterocycles. The van der Waals surface area contributed by atoms with E-state index in [9.17, 15) is 4.39 Å². The molecule has 7 heteroatoms. The summed E-state index contributed by atoms with van der Waals surface area (Å²) < 4.78 is 24.9. The highest BCUT2D eigenvalue weighted by atomic mass is 19.1. The zero-order chi connectivity index (χ0) is 19.6. The van der Waals surface area contributed by atoms with Gasteiger partial charge in [-0.25, -0.2) is 14.4 Å².